The highest BCUT2D eigenvalue weighted by Crippen LogP contribution is 2.42. The van der Waals surface area contributed by atoms with Gasteiger partial charge in [0.15, 0.2) is 11.5 Å². The molecule has 0 N–H and O–H groups in total. The smallest absolute Gasteiger partial charge is 0.410 e. The van der Waals surface area contributed by atoms with Crippen molar-refractivity contribution in [2.24, 2.45) is 0 Å². The van der Waals surface area contributed by atoms with Crippen LogP contribution >= 0.6 is 0 Å². The van der Waals surface area contributed by atoms with Crippen molar-refractivity contribution in [2.75, 3.05) is 38.6 Å². The number of carbonyl (C=O) groups is 1. The van der Waals surface area contributed by atoms with Crippen molar-refractivity contribution in [3.05, 3.63) is 65.9 Å². The Balaban J connectivity index is 1.61. The molecule has 0 unspecified atom stereocenters. The van der Waals surface area contributed by atoms with Gasteiger partial charge in [0.25, 0.3) is 0 Å². The van der Waals surface area contributed by atoms with E-state index < -0.39 is 26.2 Å². The molecule has 0 spiro atoms. The highest BCUT2D eigenvalue weighted by atomic mass is 19.1. The third kappa shape index (κ3) is 8.46. The number of carbonyl (C=O) groups excluding carboxylic acids is 1. The summed E-state index contributed by atoms with van der Waals surface area (Å²) in [5, 5.41) is 0. The van der Waals surface area contributed by atoms with E-state index >= 15 is 0 Å². The standard InChI is InChI=1S/C32H38F3N3O5/c1-22-5-7-25(8-6-22)38(26-10-13-37(14-11-26)31(39)43-32(2,3)4)18-23-9-12-36-27(15-23)24-16-28(40-19-33)30(42-21-35)29(17-24)41-20-34/h5-9,12,15-17,26H,10-11,13-14,18-21H2,1-4H3. The van der Waals surface area contributed by atoms with Crippen LogP contribution in [0.1, 0.15) is 44.7 Å². The number of hydrogen-bond acceptors (Lipinski definition) is 7. The molecule has 4 rings (SSSR count). The number of halogens is 3. The molecule has 1 aromatic heterocycles. The molecule has 2 heterocycles. The lowest BCUT2D eigenvalue weighted by Gasteiger charge is -2.40. The molecule has 0 saturated carbocycles. The third-order valence-electron chi connectivity index (χ3n) is 7.04. The highest BCUT2D eigenvalue weighted by Gasteiger charge is 2.30. The number of pyridine rings is 1. The fourth-order valence-corrected chi connectivity index (χ4v) is 5.03. The molecule has 0 atom stereocenters. The Hall–Kier alpha value is -4.15. The molecular formula is C32H38F3N3O5. The third-order valence-corrected chi connectivity index (χ3v) is 7.04. The minimum Gasteiger partial charge on any atom is -0.459 e. The molecule has 2 aromatic carbocycles. The van der Waals surface area contributed by atoms with Crippen molar-refractivity contribution in [1.29, 1.82) is 0 Å². The number of anilines is 1. The molecule has 3 aromatic rings. The highest BCUT2D eigenvalue weighted by molar-refractivity contribution is 5.69. The Morgan fingerprint density at radius 1 is 0.930 bits per heavy atom. The van der Waals surface area contributed by atoms with E-state index in [4.69, 9.17) is 18.9 Å². The van der Waals surface area contributed by atoms with Gasteiger partial charge in [-0.3, -0.25) is 4.98 Å². The van der Waals surface area contributed by atoms with E-state index in [-0.39, 0.29) is 29.4 Å². The van der Waals surface area contributed by atoms with E-state index in [1.807, 2.05) is 39.8 Å². The number of rotatable bonds is 11. The number of amides is 1. The van der Waals surface area contributed by atoms with E-state index in [0.29, 0.717) is 30.9 Å². The number of likely N-dealkylation sites (tertiary alicyclic amines) is 1. The normalized spacial score (nSPS) is 13.9. The van der Waals surface area contributed by atoms with Gasteiger partial charge in [-0.15, -0.1) is 0 Å². The van der Waals surface area contributed by atoms with E-state index in [2.05, 4.69) is 34.1 Å². The monoisotopic (exact) mass is 601 g/mol. The van der Waals surface area contributed by atoms with Gasteiger partial charge in [0.2, 0.25) is 26.3 Å². The number of piperidine rings is 1. The van der Waals surface area contributed by atoms with Gasteiger partial charge in [-0.2, -0.15) is 0 Å². The summed E-state index contributed by atoms with van der Waals surface area (Å²) >= 11 is 0. The fraction of sp³-hybridized carbons (Fsp3) is 0.438. The molecule has 1 aliphatic rings. The van der Waals surface area contributed by atoms with Crippen LogP contribution in [0.3, 0.4) is 0 Å². The van der Waals surface area contributed by atoms with Gasteiger partial charge in [-0.05, 0) is 82.5 Å². The molecule has 1 amide bonds. The van der Waals surface area contributed by atoms with Crippen molar-refractivity contribution >= 4 is 11.8 Å². The van der Waals surface area contributed by atoms with Crippen LogP contribution in [-0.2, 0) is 11.3 Å². The van der Waals surface area contributed by atoms with E-state index in [1.54, 1.807) is 11.1 Å². The van der Waals surface area contributed by atoms with Gasteiger partial charge in [0.1, 0.15) is 5.60 Å². The SMILES string of the molecule is Cc1ccc(N(Cc2ccnc(-c3cc(OCF)c(OCF)c(OCF)c3)c2)C2CCN(C(=O)OC(C)(C)C)CC2)cc1. The molecule has 0 aliphatic carbocycles. The maximum absolute atomic E-state index is 13.1. The molecule has 232 valence electrons. The Morgan fingerprint density at radius 2 is 1.53 bits per heavy atom. The first-order valence-corrected chi connectivity index (χ1v) is 14.1. The first kappa shape index (κ1) is 31.8. The van der Waals surface area contributed by atoms with Crippen molar-refractivity contribution in [3.63, 3.8) is 0 Å². The maximum Gasteiger partial charge on any atom is 0.410 e. The lowest BCUT2D eigenvalue weighted by atomic mass is 10.0. The summed E-state index contributed by atoms with van der Waals surface area (Å²) in [6.07, 6.45) is 2.87. The first-order chi connectivity index (χ1) is 20.6. The molecule has 0 bridgehead atoms. The van der Waals surface area contributed by atoms with Crippen LogP contribution in [-0.4, -0.2) is 61.3 Å². The molecule has 0 radical (unpaired) electrons. The second kappa shape index (κ2) is 14.3. The van der Waals surface area contributed by atoms with Crippen LogP contribution in [0, 0.1) is 6.92 Å². The number of benzene rings is 2. The molecule has 1 saturated heterocycles. The Labute approximate surface area is 250 Å². The summed E-state index contributed by atoms with van der Waals surface area (Å²) in [7, 11) is 0. The summed E-state index contributed by atoms with van der Waals surface area (Å²) in [6, 6.07) is 15.1. The Bertz CT molecular complexity index is 1330. The Morgan fingerprint density at radius 3 is 2.09 bits per heavy atom. The van der Waals surface area contributed by atoms with Gasteiger partial charge < -0.3 is 28.7 Å². The van der Waals surface area contributed by atoms with Crippen LogP contribution in [0.15, 0.2) is 54.7 Å². The van der Waals surface area contributed by atoms with Crippen molar-refractivity contribution in [1.82, 2.24) is 9.88 Å². The summed E-state index contributed by atoms with van der Waals surface area (Å²) in [5.74, 6) is -0.501. The predicted molar refractivity (Wildman–Crippen MR) is 158 cm³/mol. The molecule has 1 aliphatic heterocycles. The number of nitrogens with zero attached hydrogens (tertiary/aromatic N) is 3. The maximum atomic E-state index is 13.1. The molecule has 1 fully saturated rings. The van der Waals surface area contributed by atoms with E-state index in [9.17, 15) is 18.0 Å². The van der Waals surface area contributed by atoms with Gasteiger partial charge >= 0.3 is 6.09 Å². The fourth-order valence-electron chi connectivity index (χ4n) is 5.03. The molecule has 43 heavy (non-hydrogen) atoms. The zero-order valence-electron chi connectivity index (χ0n) is 24.9. The van der Waals surface area contributed by atoms with Crippen molar-refractivity contribution < 1.29 is 36.9 Å². The van der Waals surface area contributed by atoms with Crippen LogP contribution in [0.2, 0.25) is 0 Å². The average Bonchev–Trinajstić information content (AvgIpc) is 2.97. The minimum absolute atomic E-state index is 0.133. The number of aromatic nitrogens is 1. The minimum atomic E-state index is -1.23. The zero-order valence-corrected chi connectivity index (χ0v) is 24.9. The largest absolute Gasteiger partial charge is 0.459 e. The number of alkyl halides is 3. The van der Waals surface area contributed by atoms with Crippen LogP contribution in [0.4, 0.5) is 23.7 Å². The van der Waals surface area contributed by atoms with Gasteiger partial charge in [-0.1, -0.05) is 17.7 Å². The molecule has 8 nitrogen and oxygen atoms in total. The van der Waals surface area contributed by atoms with E-state index in [0.717, 1.165) is 29.7 Å². The van der Waals surface area contributed by atoms with E-state index in [1.165, 1.54) is 12.1 Å². The Kier molecular flexibility index (Phi) is 10.6. The van der Waals surface area contributed by atoms with Crippen LogP contribution in [0.5, 0.6) is 17.2 Å². The second-order valence-corrected chi connectivity index (χ2v) is 11.3. The zero-order chi connectivity index (χ0) is 31.0. The first-order valence-electron chi connectivity index (χ1n) is 14.1. The number of aryl methyl sites for hydroxylation is 1. The summed E-state index contributed by atoms with van der Waals surface area (Å²) in [5.41, 5.74) is 3.52. The summed E-state index contributed by atoms with van der Waals surface area (Å²) < 4.78 is 59.7. The van der Waals surface area contributed by atoms with Crippen molar-refractivity contribution in [2.45, 2.75) is 58.7 Å². The van der Waals surface area contributed by atoms with Crippen LogP contribution in [0.25, 0.3) is 11.3 Å². The lowest BCUT2D eigenvalue weighted by molar-refractivity contribution is 0.0204. The molecule has 11 heteroatoms. The number of ether oxygens (including phenoxy) is 4. The topological polar surface area (TPSA) is 73.4 Å². The van der Waals surface area contributed by atoms with Gasteiger partial charge in [0.05, 0.1) is 5.69 Å². The van der Waals surface area contributed by atoms with Crippen LogP contribution < -0.4 is 19.1 Å². The quantitative estimate of drug-likeness (QED) is 0.227. The van der Waals surface area contributed by atoms with Crippen molar-refractivity contribution in [3.8, 4) is 28.5 Å². The average molecular weight is 602 g/mol. The number of hydrogen-bond donors (Lipinski definition) is 0. The lowest BCUT2D eigenvalue weighted by Crippen LogP contribution is -2.48. The predicted octanol–water partition coefficient (Wildman–Crippen LogP) is 7.38. The summed E-state index contributed by atoms with van der Waals surface area (Å²) in [4.78, 5) is 21.2. The van der Waals surface area contributed by atoms with Gasteiger partial charge in [-0.25, -0.2) is 18.0 Å². The molecular weight excluding hydrogens is 563 g/mol. The second-order valence-electron chi connectivity index (χ2n) is 11.3. The van der Waals surface area contributed by atoms with Gasteiger partial charge in [0, 0.05) is 43.1 Å². The summed E-state index contributed by atoms with van der Waals surface area (Å²) in [6.45, 7) is 5.66.